The normalized spacial score (nSPS) is 16.1. The van der Waals surface area contributed by atoms with Crippen molar-refractivity contribution in [2.75, 3.05) is 42.2 Å². The van der Waals surface area contributed by atoms with E-state index < -0.39 is 0 Å². The highest BCUT2D eigenvalue weighted by molar-refractivity contribution is 5.95. The van der Waals surface area contributed by atoms with Gasteiger partial charge in [0.15, 0.2) is 0 Å². The lowest BCUT2D eigenvalue weighted by atomic mass is 9.96. The Kier molecular flexibility index (Phi) is 7.73. The van der Waals surface area contributed by atoms with E-state index in [-0.39, 0.29) is 23.4 Å². The monoisotopic (exact) mass is 454 g/mol. The van der Waals surface area contributed by atoms with Crippen molar-refractivity contribution in [1.82, 2.24) is 25.6 Å². The number of aryl methyl sites for hydroxylation is 1. The Labute approximate surface area is 197 Å². The zero-order chi connectivity index (χ0) is 24.2. The summed E-state index contributed by atoms with van der Waals surface area (Å²) in [5, 5.41) is 13.0. The van der Waals surface area contributed by atoms with Gasteiger partial charge in [-0.05, 0) is 56.8 Å². The molecule has 2 heterocycles. The zero-order valence-electron chi connectivity index (χ0n) is 20.9. The number of hydrogen-bond donors (Lipinski definition) is 4. The van der Waals surface area contributed by atoms with Gasteiger partial charge in [-0.25, -0.2) is 0 Å². The second-order valence-electron chi connectivity index (χ2n) is 10.3. The van der Waals surface area contributed by atoms with Crippen LogP contribution in [-0.4, -0.2) is 59.6 Å². The fourth-order valence-electron chi connectivity index (χ4n) is 3.76. The second kappa shape index (κ2) is 10.3. The van der Waals surface area contributed by atoms with Crippen LogP contribution in [0.15, 0.2) is 18.2 Å². The predicted octanol–water partition coefficient (Wildman–Crippen LogP) is 3.32. The van der Waals surface area contributed by atoms with Crippen molar-refractivity contribution in [2.24, 2.45) is 5.41 Å². The minimum absolute atomic E-state index is 0.0679. The van der Waals surface area contributed by atoms with E-state index in [9.17, 15) is 4.79 Å². The highest BCUT2D eigenvalue weighted by atomic mass is 16.1. The molecule has 1 aliphatic rings. The number of carbonyl (C=O) groups is 1. The van der Waals surface area contributed by atoms with Crippen LogP contribution in [0.25, 0.3) is 0 Å². The van der Waals surface area contributed by atoms with E-state index in [2.05, 4.69) is 57.0 Å². The van der Waals surface area contributed by atoms with Crippen LogP contribution in [-0.2, 0) is 0 Å². The number of rotatable bonds is 8. The summed E-state index contributed by atoms with van der Waals surface area (Å²) in [5.74, 6) is 1.48. The van der Waals surface area contributed by atoms with Gasteiger partial charge in [0.05, 0.1) is 0 Å². The molecule has 33 heavy (non-hydrogen) atoms. The van der Waals surface area contributed by atoms with Gasteiger partial charge in [-0.15, -0.1) is 0 Å². The lowest BCUT2D eigenvalue weighted by Gasteiger charge is -2.27. The topological polar surface area (TPSA) is 107 Å². The Hall–Kier alpha value is -2.94. The number of aromatic nitrogens is 3. The number of nitrogens with one attached hydrogen (secondary N) is 4. The van der Waals surface area contributed by atoms with Crippen molar-refractivity contribution in [3.05, 3.63) is 29.3 Å². The Balaban J connectivity index is 1.90. The van der Waals surface area contributed by atoms with E-state index in [0.29, 0.717) is 23.4 Å². The molecule has 2 aromatic rings. The van der Waals surface area contributed by atoms with Gasteiger partial charge in [-0.2, -0.15) is 15.0 Å². The van der Waals surface area contributed by atoms with E-state index >= 15 is 0 Å². The molecule has 1 aromatic heterocycles. The lowest BCUT2D eigenvalue weighted by molar-refractivity contribution is 0.0943. The molecule has 0 aliphatic carbocycles. The fraction of sp³-hybridized carbons (Fsp3) is 0.583. The number of amides is 1. The standard InChI is InChI=1S/C24H38N8O/c1-15(2)26-20(33)17-9-8-16(3)19(12-17)28-22-29-21(27-18-10-11-25-13-18)30-23(31-22)32(7)14-24(4,5)6/h8-9,12,15,18,25H,10-11,13-14H2,1-7H3,(H,26,33)(H2,27,28,29,30,31)/t18-/m1/s1. The first-order chi connectivity index (χ1) is 15.5. The predicted molar refractivity (Wildman–Crippen MR) is 135 cm³/mol. The molecule has 180 valence electrons. The first-order valence-electron chi connectivity index (χ1n) is 11.6. The van der Waals surface area contributed by atoms with Crippen LogP contribution in [0, 0.1) is 12.3 Å². The number of anilines is 4. The molecule has 3 rings (SSSR count). The molecule has 1 fully saturated rings. The molecule has 0 spiro atoms. The van der Waals surface area contributed by atoms with Gasteiger partial charge in [-0.3, -0.25) is 4.79 Å². The van der Waals surface area contributed by atoms with E-state index in [4.69, 9.17) is 0 Å². The molecule has 9 nitrogen and oxygen atoms in total. The third-order valence-corrected chi connectivity index (χ3v) is 5.24. The molecule has 1 saturated heterocycles. The van der Waals surface area contributed by atoms with E-state index in [0.717, 1.165) is 37.3 Å². The summed E-state index contributed by atoms with van der Waals surface area (Å²) in [4.78, 5) is 28.5. The van der Waals surface area contributed by atoms with Gasteiger partial charge < -0.3 is 26.2 Å². The van der Waals surface area contributed by atoms with Gasteiger partial charge in [0, 0.05) is 43.5 Å². The third-order valence-electron chi connectivity index (χ3n) is 5.24. The van der Waals surface area contributed by atoms with E-state index in [1.165, 1.54) is 0 Å². The lowest BCUT2D eigenvalue weighted by Crippen LogP contribution is -2.31. The first-order valence-corrected chi connectivity index (χ1v) is 11.6. The zero-order valence-corrected chi connectivity index (χ0v) is 20.9. The van der Waals surface area contributed by atoms with Crippen molar-refractivity contribution in [3.8, 4) is 0 Å². The van der Waals surface area contributed by atoms with Crippen LogP contribution in [0.4, 0.5) is 23.5 Å². The van der Waals surface area contributed by atoms with Crippen LogP contribution in [0.3, 0.4) is 0 Å². The molecule has 4 N–H and O–H groups in total. The van der Waals surface area contributed by atoms with Crippen LogP contribution in [0.1, 0.15) is 57.0 Å². The molecule has 0 saturated carbocycles. The van der Waals surface area contributed by atoms with Crippen LogP contribution >= 0.6 is 0 Å². The third kappa shape index (κ3) is 7.28. The van der Waals surface area contributed by atoms with Gasteiger partial charge >= 0.3 is 0 Å². The maximum Gasteiger partial charge on any atom is 0.251 e. The quantitative estimate of drug-likeness (QED) is 0.481. The number of hydrogen-bond acceptors (Lipinski definition) is 8. The summed E-state index contributed by atoms with van der Waals surface area (Å²) in [6.45, 7) is 15.1. The highest BCUT2D eigenvalue weighted by Crippen LogP contribution is 2.24. The molecule has 9 heteroatoms. The Morgan fingerprint density at radius 2 is 1.94 bits per heavy atom. The van der Waals surface area contributed by atoms with Crippen molar-refractivity contribution in [1.29, 1.82) is 0 Å². The maximum atomic E-state index is 12.5. The summed E-state index contributed by atoms with van der Waals surface area (Å²) >= 11 is 0. The highest BCUT2D eigenvalue weighted by Gasteiger charge is 2.20. The Morgan fingerprint density at radius 3 is 2.58 bits per heavy atom. The molecule has 0 radical (unpaired) electrons. The van der Waals surface area contributed by atoms with Gasteiger partial charge in [-0.1, -0.05) is 26.8 Å². The largest absolute Gasteiger partial charge is 0.350 e. The number of carbonyl (C=O) groups excluding carboxylic acids is 1. The molecule has 1 amide bonds. The Bertz CT molecular complexity index is 963. The molecule has 1 atom stereocenters. The van der Waals surface area contributed by atoms with Crippen molar-refractivity contribution < 1.29 is 4.79 Å². The summed E-state index contributed by atoms with van der Waals surface area (Å²) < 4.78 is 0. The van der Waals surface area contributed by atoms with E-state index in [1.807, 2.05) is 50.9 Å². The minimum atomic E-state index is -0.106. The molecule has 0 unspecified atom stereocenters. The van der Waals surface area contributed by atoms with Crippen molar-refractivity contribution in [2.45, 2.75) is 60.0 Å². The van der Waals surface area contributed by atoms with Crippen LogP contribution in [0.5, 0.6) is 0 Å². The number of benzene rings is 1. The smallest absolute Gasteiger partial charge is 0.251 e. The molecule has 1 aromatic carbocycles. The second-order valence-corrected chi connectivity index (χ2v) is 10.3. The van der Waals surface area contributed by atoms with Crippen molar-refractivity contribution in [3.63, 3.8) is 0 Å². The summed E-state index contributed by atoms with van der Waals surface area (Å²) in [7, 11) is 1.99. The average Bonchev–Trinajstić information content (AvgIpc) is 3.20. The maximum absolute atomic E-state index is 12.5. The summed E-state index contributed by atoms with van der Waals surface area (Å²) in [6, 6.07) is 5.94. The molecular formula is C24H38N8O. The molecular weight excluding hydrogens is 416 g/mol. The van der Waals surface area contributed by atoms with Crippen molar-refractivity contribution >= 4 is 29.4 Å². The van der Waals surface area contributed by atoms with E-state index in [1.54, 1.807) is 0 Å². The van der Waals surface area contributed by atoms with Crippen LogP contribution < -0.4 is 26.2 Å². The van der Waals surface area contributed by atoms with Gasteiger partial charge in [0.25, 0.3) is 5.91 Å². The minimum Gasteiger partial charge on any atom is -0.350 e. The SMILES string of the molecule is Cc1ccc(C(=O)NC(C)C)cc1Nc1nc(N[C@@H]2CCNC2)nc(N(C)CC(C)(C)C)n1. The molecule has 1 aliphatic heterocycles. The van der Waals surface area contributed by atoms with Gasteiger partial charge in [0.1, 0.15) is 0 Å². The number of nitrogens with zero attached hydrogens (tertiary/aromatic N) is 4. The molecule has 0 bridgehead atoms. The summed E-state index contributed by atoms with van der Waals surface area (Å²) in [6.07, 6.45) is 1.02. The summed E-state index contributed by atoms with van der Waals surface area (Å²) in [5.41, 5.74) is 2.46. The Morgan fingerprint density at radius 1 is 1.21 bits per heavy atom. The average molecular weight is 455 g/mol. The first kappa shape index (κ1) is 24.7. The van der Waals surface area contributed by atoms with Crippen LogP contribution in [0.2, 0.25) is 0 Å². The van der Waals surface area contributed by atoms with Gasteiger partial charge in [0.2, 0.25) is 17.8 Å². The fourth-order valence-corrected chi connectivity index (χ4v) is 3.76.